The lowest BCUT2D eigenvalue weighted by Gasteiger charge is -2.18. The second-order valence-corrected chi connectivity index (χ2v) is 8.50. The standard InChI is InChI=1S/C20H25N3O4S/c1-13-9-14(2)20(15(3)10-13)22-18(24)12-23(4)19(25)11-16-5-7-17(8-6-16)28(21,26)27/h5-10H,11-12H2,1-4H3,(H,22,24)(H2,21,26,27). The first-order valence-electron chi connectivity index (χ1n) is 8.71. The molecule has 2 aromatic rings. The summed E-state index contributed by atoms with van der Waals surface area (Å²) in [5.41, 5.74) is 4.45. The minimum atomic E-state index is -3.77. The van der Waals surface area contributed by atoms with E-state index in [-0.39, 0.29) is 29.7 Å². The Kier molecular flexibility index (Phi) is 6.58. The van der Waals surface area contributed by atoms with Gasteiger partial charge in [0.2, 0.25) is 21.8 Å². The monoisotopic (exact) mass is 403 g/mol. The Morgan fingerprint density at radius 1 is 1.04 bits per heavy atom. The van der Waals surface area contributed by atoms with Gasteiger partial charge in [0.1, 0.15) is 0 Å². The summed E-state index contributed by atoms with van der Waals surface area (Å²) < 4.78 is 22.5. The van der Waals surface area contributed by atoms with Crippen molar-refractivity contribution < 1.29 is 18.0 Å². The van der Waals surface area contributed by atoms with Crippen LogP contribution in [0.15, 0.2) is 41.3 Å². The van der Waals surface area contributed by atoms with Crippen LogP contribution in [0.1, 0.15) is 22.3 Å². The minimum Gasteiger partial charge on any atom is -0.336 e. The number of sulfonamides is 1. The fourth-order valence-electron chi connectivity index (χ4n) is 2.97. The van der Waals surface area contributed by atoms with Crippen molar-refractivity contribution in [2.75, 3.05) is 18.9 Å². The number of carbonyl (C=O) groups excluding carboxylic acids is 2. The van der Waals surface area contributed by atoms with Crippen molar-refractivity contribution in [1.29, 1.82) is 0 Å². The Morgan fingerprint density at radius 3 is 2.07 bits per heavy atom. The maximum atomic E-state index is 12.4. The SMILES string of the molecule is Cc1cc(C)c(NC(=O)CN(C)C(=O)Cc2ccc(S(N)(=O)=O)cc2)c(C)c1. The van der Waals surface area contributed by atoms with Crippen molar-refractivity contribution in [1.82, 2.24) is 4.90 Å². The number of rotatable bonds is 6. The lowest BCUT2D eigenvalue weighted by molar-refractivity contribution is -0.132. The number of aryl methyl sites for hydroxylation is 3. The zero-order chi connectivity index (χ0) is 21.1. The van der Waals surface area contributed by atoms with Gasteiger partial charge in [-0.1, -0.05) is 29.8 Å². The van der Waals surface area contributed by atoms with Crippen LogP contribution in [-0.4, -0.2) is 38.7 Å². The molecule has 28 heavy (non-hydrogen) atoms. The number of hydrogen-bond donors (Lipinski definition) is 2. The van der Waals surface area contributed by atoms with Gasteiger partial charge in [-0.3, -0.25) is 9.59 Å². The van der Waals surface area contributed by atoms with Gasteiger partial charge in [0, 0.05) is 12.7 Å². The van der Waals surface area contributed by atoms with E-state index in [0.29, 0.717) is 5.56 Å². The van der Waals surface area contributed by atoms with Crippen LogP contribution in [0.5, 0.6) is 0 Å². The van der Waals surface area contributed by atoms with Crippen molar-refractivity contribution in [3.05, 3.63) is 58.7 Å². The van der Waals surface area contributed by atoms with Gasteiger partial charge in [-0.15, -0.1) is 0 Å². The van der Waals surface area contributed by atoms with Crippen molar-refractivity contribution in [2.24, 2.45) is 5.14 Å². The van der Waals surface area contributed by atoms with Crippen LogP contribution in [0.3, 0.4) is 0 Å². The molecule has 0 unspecified atom stereocenters. The lowest BCUT2D eigenvalue weighted by Crippen LogP contribution is -2.36. The minimum absolute atomic E-state index is 0.0136. The molecule has 2 rings (SSSR count). The van der Waals surface area contributed by atoms with Gasteiger partial charge < -0.3 is 10.2 Å². The smallest absolute Gasteiger partial charge is 0.243 e. The third-order valence-corrected chi connectivity index (χ3v) is 5.28. The third-order valence-electron chi connectivity index (χ3n) is 4.36. The number of hydrogen-bond acceptors (Lipinski definition) is 4. The van der Waals surface area contributed by atoms with E-state index >= 15 is 0 Å². The average molecular weight is 404 g/mol. The largest absolute Gasteiger partial charge is 0.336 e. The molecular formula is C20H25N3O4S. The molecule has 0 bridgehead atoms. The predicted molar refractivity (Wildman–Crippen MR) is 108 cm³/mol. The highest BCUT2D eigenvalue weighted by Crippen LogP contribution is 2.21. The summed E-state index contributed by atoms with van der Waals surface area (Å²) in [6.07, 6.45) is 0.0528. The van der Waals surface area contributed by atoms with Gasteiger partial charge in [-0.25, -0.2) is 13.6 Å². The summed E-state index contributed by atoms with van der Waals surface area (Å²) in [6, 6.07) is 9.75. The molecule has 0 atom stereocenters. The molecular weight excluding hydrogens is 378 g/mol. The highest BCUT2D eigenvalue weighted by atomic mass is 32.2. The van der Waals surface area contributed by atoms with Gasteiger partial charge in [0.25, 0.3) is 0 Å². The highest BCUT2D eigenvalue weighted by Gasteiger charge is 2.16. The number of benzene rings is 2. The summed E-state index contributed by atoms with van der Waals surface area (Å²) >= 11 is 0. The predicted octanol–water partition coefficient (Wildman–Crippen LogP) is 1.90. The van der Waals surface area contributed by atoms with E-state index < -0.39 is 10.0 Å². The Morgan fingerprint density at radius 2 is 1.57 bits per heavy atom. The lowest BCUT2D eigenvalue weighted by atomic mass is 10.1. The molecule has 2 amide bonds. The van der Waals surface area contributed by atoms with Crippen LogP contribution in [0.25, 0.3) is 0 Å². The molecule has 0 aliphatic carbocycles. The summed E-state index contributed by atoms with van der Waals surface area (Å²) in [5.74, 6) is -0.536. The highest BCUT2D eigenvalue weighted by molar-refractivity contribution is 7.89. The first-order valence-corrected chi connectivity index (χ1v) is 10.3. The van der Waals surface area contributed by atoms with E-state index in [1.54, 1.807) is 7.05 Å². The molecule has 2 aromatic carbocycles. The van der Waals surface area contributed by atoms with Gasteiger partial charge in [-0.05, 0) is 49.6 Å². The fourth-order valence-corrected chi connectivity index (χ4v) is 3.48. The van der Waals surface area contributed by atoms with E-state index in [2.05, 4.69) is 5.32 Å². The van der Waals surface area contributed by atoms with Crippen LogP contribution in [0.4, 0.5) is 5.69 Å². The molecule has 0 saturated carbocycles. The molecule has 3 N–H and O–H groups in total. The summed E-state index contributed by atoms with van der Waals surface area (Å²) in [4.78, 5) is 26.0. The third kappa shape index (κ3) is 5.64. The Labute approximate surface area is 165 Å². The zero-order valence-corrected chi connectivity index (χ0v) is 17.3. The Balaban J connectivity index is 1.97. The van der Waals surface area contributed by atoms with E-state index in [1.807, 2.05) is 32.9 Å². The topological polar surface area (TPSA) is 110 Å². The van der Waals surface area contributed by atoms with Crippen LogP contribution in [0, 0.1) is 20.8 Å². The molecule has 0 spiro atoms. The van der Waals surface area contributed by atoms with E-state index in [0.717, 1.165) is 22.4 Å². The maximum absolute atomic E-state index is 12.4. The molecule has 0 heterocycles. The summed E-state index contributed by atoms with van der Waals surface area (Å²) in [5, 5.41) is 7.92. The zero-order valence-electron chi connectivity index (χ0n) is 16.4. The first kappa shape index (κ1) is 21.6. The van der Waals surface area contributed by atoms with Crippen LogP contribution >= 0.6 is 0 Å². The maximum Gasteiger partial charge on any atom is 0.243 e. The molecule has 0 radical (unpaired) electrons. The molecule has 0 aromatic heterocycles. The van der Waals surface area contributed by atoms with Crippen LogP contribution < -0.4 is 10.5 Å². The summed E-state index contributed by atoms with van der Waals surface area (Å²) in [6.45, 7) is 5.76. The number of anilines is 1. The number of likely N-dealkylation sites (N-methyl/N-ethyl adjacent to an activating group) is 1. The number of primary sulfonamides is 1. The van der Waals surface area contributed by atoms with E-state index in [9.17, 15) is 18.0 Å². The van der Waals surface area contributed by atoms with Crippen LogP contribution in [-0.2, 0) is 26.0 Å². The van der Waals surface area contributed by atoms with E-state index in [1.165, 1.54) is 29.2 Å². The molecule has 0 aliphatic heterocycles. The van der Waals surface area contributed by atoms with Gasteiger partial charge in [0.05, 0.1) is 17.9 Å². The van der Waals surface area contributed by atoms with Crippen molar-refractivity contribution >= 4 is 27.5 Å². The molecule has 150 valence electrons. The average Bonchev–Trinajstić information content (AvgIpc) is 2.57. The van der Waals surface area contributed by atoms with Crippen LogP contribution in [0.2, 0.25) is 0 Å². The quantitative estimate of drug-likeness (QED) is 0.767. The van der Waals surface area contributed by atoms with Gasteiger partial charge in [0.15, 0.2) is 0 Å². The van der Waals surface area contributed by atoms with Gasteiger partial charge >= 0.3 is 0 Å². The number of nitrogens with zero attached hydrogens (tertiary/aromatic N) is 1. The number of nitrogens with one attached hydrogen (secondary N) is 1. The summed E-state index contributed by atoms with van der Waals surface area (Å²) in [7, 11) is -2.22. The van der Waals surface area contributed by atoms with Crippen molar-refractivity contribution in [3.63, 3.8) is 0 Å². The van der Waals surface area contributed by atoms with E-state index in [4.69, 9.17) is 5.14 Å². The normalized spacial score (nSPS) is 11.2. The Hall–Kier alpha value is -2.71. The second kappa shape index (κ2) is 8.53. The van der Waals surface area contributed by atoms with Crippen molar-refractivity contribution in [3.8, 4) is 0 Å². The Bertz CT molecular complexity index is 976. The number of nitrogens with two attached hydrogens (primary N) is 1. The molecule has 0 saturated heterocycles. The molecule has 0 fully saturated rings. The van der Waals surface area contributed by atoms with Gasteiger partial charge in [-0.2, -0.15) is 0 Å². The molecule has 7 nitrogen and oxygen atoms in total. The number of carbonyl (C=O) groups is 2. The van der Waals surface area contributed by atoms with Crippen molar-refractivity contribution in [2.45, 2.75) is 32.1 Å². The first-order chi connectivity index (χ1) is 13.0. The molecule has 8 heteroatoms. The molecule has 0 aliphatic rings. The second-order valence-electron chi connectivity index (χ2n) is 6.94. The fraction of sp³-hybridized carbons (Fsp3) is 0.300. The number of amides is 2.